The summed E-state index contributed by atoms with van der Waals surface area (Å²) in [5.74, 6) is 2.02. The van der Waals surface area contributed by atoms with Gasteiger partial charge in [-0.2, -0.15) is 0 Å². The Morgan fingerprint density at radius 1 is 0.962 bits per heavy atom. The zero-order chi connectivity index (χ0) is 17.8. The molecule has 2 aliphatic rings. The van der Waals surface area contributed by atoms with Crippen molar-refractivity contribution in [3.63, 3.8) is 0 Å². The van der Waals surface area contributed by atoms with Crippen LogP contribution in [0.15, 0.2) is 24.3 Å². The predicted octanol–water partition coefficient (Wildman–Crippen LogP) is 4.13. The molecule has 1 fully saturated rings. The van der Waals surface area contributed by atoms with Crippen LogP contribution in [0.25, 0.3) is 11.4 Å². The smallest absolute Gasteiger partial charge is 0.319 e. The van der Waals surface area contributed by atoms with E-state index in [0.717, 1.165) is 48.7 Å². The molecule has 0 unspecified atom stereocenters. The molecule has 1 aromatic heterocycles. The van der Waals surface area contributed by atoms with Crippen LogP contribution >= 0.6 is 0 Å². The highest BCUT2D eigenvalue weighted by Crippen LogP contribution is 2.24. The number of benzene rings is 1. The summed E-state index contributed by atoms with van der Waals surface area (Å²) in [4.78, 5) is 12.2. The average molecular weight is 353 g/mol. The SMILES string of the molecule is O=C(Nc1ccc(-c2nnc3n2CCCCC3)cc1)NC1CCCCC1. The number of rotatable bonds is 3. The van der Waals surface area contributed by atoms with Gasteiger partial charge >= 0.3 is 6.03 Å². The van der Waals surface area contributed by atoms with Crippen LogP contribution in [-0.4, -0.2) is 26.8 Å². The van der Waals surface area contributed by atoms with E-state index in [0.29, 0.717) is 6.04 Å². The summed E-state index contributed by atoms with van der Waals surface area (Å²) in [6, 6.07) is 8.11. The Morgan fingerprint density at radius 2 is 1.73 bits per heavy atom. The Hall–Kier alpha value is -2.37. The van der Waals surface area contributed by atoms with Crippen molar-refractivity contribution in [1.29, 1.82) is 0 Å². The second-order valence-corrected chi connectivity index (χ2v) is 7.41. The van der Waals surface area contributed by atoms with Crippen molar-refractivity contribution in [2.75, 3.05) is 5.32 Å². The standard InChI is InChI=1S/C20H27N5O/c26-20(21-16-7-3-1-4-8-16)22-17-12-10-15(11-13-17)19-24-23-18-9-5-2-6-14-25(18)19/h10-13,16H,1-9,14H2,(H2,21,22,26). The maximum atomic E-state index is 12.2. The van der Waals surface area contributed by atoms with Gasteiger partial charge in [0.05, 0.1) is 0 Å². The van der Waals surface area contributed by atoms with Crippen LogP contribution in [0, 0.1) is 0 Å². The van der Waals surface area contributed by atoms with E-state index in [2.05, 4.69) is 25.4 Å². The second-order valence-electron chi connectivity index (χ2n) is 7.41. The summed E-state index contributed by atoms with van der Waals surface area (Å²) in [6.07, 6.45) is 10.5. The third kappa shape index (κ3) is 3.89. The first-order valence-electron chi connectivity index (χ1n) is 9.89. The molecular formula is C20H27N5O. The van der Waals surface area contributed by atoms with Crippen LogP contribution < -0.4 is 10.6 Å². The molecule has 26 heavy (non-hydrogen) atoms. The van der Waals surface area contributed by atoms with E-state index in [1.165, 1.54) is 38.5 Å². The van der Waals surface area contributed by atoms with E-state index >= 15 is 0 Å². The maximum absolute atomic E-state index is 12.2. The van der Waals surface area contributed by atoms with Gasteiger partial charge in [0.25, 0.3) is 0 Å². The predicted molar refractivity (Wildman–Crippen MR) is 102 cm³/mol. The van der Waals surface area contributed by atoms with Crippen LogP contribution in [0.1, 0.15) is 57.2 Å². The quantitative estimate of drug-likeness (QED) is 0.871. The molecule has 1 aliphatic carbocycles. The molecule has 2 aromatic rings. The Labute approximate surface area is 154 Å². The molecule has 138 valence electrons. The number of amides is 2. The minimum atomic E-state index is -0.110. The number of aromatic nitrogens is 3. The molecule has 4 rings (SSSR count). The molecular weight excluding hydrogens is 326 g/mol. The molecule has 0 atom stereocenters. The van der Waals surface area contributed by atoms with Crippen molar-refractivity contribution in [3.8, 4) is 11.4 Å². The third-order valence-electron chi connectivity index (χ3n) is 5.45. The number of aryl methyl sites for hydroxylation is 1. The number of nitrogens with zero attached hydrogens (tertiary/aromatic N) is 3. The van der Waals surface area contributed by atoms with Crippen LogP contribution in [0.5, 0.6) is 0 Å². The lowest BCUT2D eigenvalue weighted by atomic mass is 9.96. The Balaban J connectivity index is 1.40. The van der Waals surface area contributed by atoms with Crippen molar-refractivity contribution in [2.24, 2.45) is 0 Å². The number of fused-ring (bicyclic) bond motifs is 1. The topological polar surface area (TPSA) is 71.8 Å². The maximum Gasteiger partial charge on any atom is 0.319 e. The fraction of sp³-hybridized carbons (Fsp3) is 0.550. The van der Waals surface area contributed by atoms with Crippen molar-refractivity contribution < 1.29 is 4.79 Å². The summed E-state index contributed by atoms with van der Waals surface area (Å²) in [5.41, 5.74) is 1.85. The van der Waals surface area contributed by atoms with Crippen LogP contribution in [-0.2, 0) is 13.0 Å². The van der Waals surface area contributed by atoms with Gasteiger partial charge in [-0.3, -0.25) is 0 Å². The first-order chi connectivity index (χ1) is 12.8. The normalized spacial score (nSPS) is 18.0. The highest BCUT2D eigenvalue weighted by Gasteiger charge is 2.17. The number of nitrogens with one attached hydrogen (secondary N) is 2. The number of urea groups is 1. The molecule has 2 amide bonds. The van der Waals surface area contributed by atoms with Gasteiger partial charge in [-0.25, -0.2) is 4.79 Å². The van der Waals surface area contributed by atoms with Gasteiger partial charge in [0.2, 0.25) is 0 Å². The number of carbonyl (C=O) groups excluding carboxylic acids is 1. The summed E-state index contributed by atoms with van der Waals surface area (Å²) >= 11 is 0. The first kappa shape index (κ1) is 17.1. The minimum absolute atomic E-state index is 0.110. The number of hydrogen-bond acceptors (Lipinski definition) is 3. The van der Waals surface area contributed by atoms with Crippen LogP contribution in [0.3, 0.4) is 0 Å². The summed E-state index contributed by atoms with van der Waals surface area (Å²) in [7, 11) is 0. The zero-order valence-electron chi connectivity index (χ0n) is 15.2. The van der Waals surface area contributed by atoms with Gasteiger partial charge in [0, 0.05) is 30.3 Å². The molecule has 2 N–H and O–H groups in total. The van der Waals surface area contributed by atoms with Crippen molar-refractivity contribution >= 4 is 11.7 Å². The molecule has 1 saturated carbocycles. The Bertz CT molecular complexity index is 746. The molecule has 2 heterocycles. The molecule has 6 nitrogen and oxygen atoms in total. The summed E-state index contributed by atoms with van der Waals surface area (Å²) in [6.45, 7) is 0.988. The fourth-order valence-corrected chi connectivity index (χ4v) is 4.00. The van der Waals surface area contributed by atoms with Gasteiger partial charge in [0.1, 0.15) is 5.82 Å². The molecule has 0 bridgehead atoms. The lowest BCUT2D eigenvalue weighted by molar-refractivity contribution is 0.244. The highest BCUT2D eigenvalue weighted by atomic mass is 16.2. The van der Waals surface area contributed by atoms with E-state index in [-0.39, 0.29) is 6.03 Å². The van der Waals surface area contributed by atoms with Crippen molar-refractivity contribution in [3.05, 3.63) is 30.1 Å². The number of carbonyl (C=O) groups is 1. The molecule has 6 heteroatoms. The van der Waals surface area contributed by atoms with Crippen LogP contribution in [0.4, 0.5) is 10.5 Å². The summed E-state index contributed by atoms with van der Waals surface area (Å²) in [5, 5.41) is 14.8. The van der Waals surface area contributed by atoms with Gasteiger partial charge < -0.3 is 15.2 Å². The van der Waals surface area contributed by atoms with E-state index < -0.39 is 0 Å². The Kier molecular flexibility index (Phi) is 5.18. The average Bonchev–Trinajstić information content (AvgIpc) is 2.91. The van der Waals surface area contributed by atoms with Gasteiger partial charge in [-0.05, 0) is 49.9 Å². The number of hydrogen-bond donors (Lipinski definition) is 2. The number of anilines is 1. The summed E-state index contributed by atoms with van der Waals surface area (Å²) < 4.78 is 2.24. The fourth-order valence-electron chi connectivity index (χ4n) is 4.00. The Morgan fingerprint density at radius 3 is 2.54 bits per heavy atom. The largest absolute Gasteiger partial charge is 0.335 e. The van der Waals surface area contributed by atoms with Crippen LogP contribution in [0.2, 0.25) is 0 Å². The monoisotopic (exact) mass is 353 g/mol. The highest BCUT2D eigenvalue weighted by molar-refractivity contribution is 5.89. The molecule has 1 aliphatic heterocycles. The molecule has 0 radical (unpaired) electrons. The lowest BCUT2D eigenvalue weighted by Gasteiger charge is -2.22. The lowest BCUT2D eigenvalue weighted by Crippen LogP contribution is -2.38. The minimum Gasteiger partial charge on any atom is -0.335 e. The van der Waals surface area contributed by atoms with E-state index in [9.17, 15) is 4.79 Å². The van der Waals surface area contributed by atoms with Gasteiger partial charge in [0.15, 0.2) is 5.82 Å². The van der Waals surface area contributed by atoms with Crippen molar-refractivity contribution in [2.45, 2.75) is 70.4 Å². The third-order valence-corrected chi connectivity index (χ3v) is 5.45. The van der Waals surface area contributed by atoms with Gasteiger partial charge in [-0.1, -0.05) is 25.7 Å². The molecule has 0 saturated heterocycles. The molecule has 0 spiro atoms. The molecule has 1 aromatic carbocycles. The van der Waals surface area contributed by atoms with E-state index in [1.807, 2.05) is 24.3 Å². The van der Waals surface area contributed by atoms with E-state index in [4.69, 9.17) is 0 Å². The zero-order valence-corrected chi connectivity index (χ0v) is 15.2. The second kappa shape index (κ2) is 7.89. The van der Waals surface area contributed by atoms with E-state index in [1.54, 1.807) is 0 Å². The van der Waals surface area contributed by atoms with Gasteiger partial charge in [-0.15, -0.1) is 10.2 Å². The van der Waals surface area contributed by atoms with Crippen molar-refractivity contribution in [1.82, 2.24) is 20.1 Å². The first-order valence-corrected chi connectivity index (χ1v) is 9.89.